The Morgan fingerprint density at radius 2 is 2.04 bits per heavy atom. The summed E-state index contributed by atoms with van der Waals surface area (Å²) in [7, 11) is 1.82. The van der Waals surface area contributed by atoms with Gasteiger partial charge in [0, 0.05) is 32.1 Å². The Balaban J connectivity index is 2.20. The first-order valence-electron chi connectivity index (χ1n) is 8.09. The number of nitrogens with two attached hydrogens (primary N) is 1. The molecule has 0 unspecified atom stereocenters. The van der Waals surface area contributed by atoms with Crippen molar-refractivity contribution >= 4 is 29.4 Å². The van der Waals surface area contributed by atoms with Gasteiger partial charge in [-0.25, -0.2) is 14.8 Å². The molecule has 1 aliphatic rings. The molecule has 2 rings (SSSR count). The molecule has 2 amide bonds. The van der Waals surface area contributed by atoms with Gasteiger partial charge >= 0.3 is 6.09 Å². The van der Waals surface area contributed by atoms with Crippen LogP contribution in [0.3, 0.4) is 0 Å². The summed E-state index contributed by atoms with van der Waals surface area (Å²) in [4.78, 5) is 35.3. The number of amides is 2. The van der Waals surface area contributed by atoms with Gasteiger partial charge in [0.2, 0.25) is 11.2 Å². The molecule has 0 atom stereocenters. The van der Waals surface area contributed by atoms with Crippen molar-refractivity contribution in [2.45, 2.75) is 45.8 Å². The number of hydrogen-bond donors (Lipinski definition) is 1. The predicted molar refractivity (Wildman–Crippen MR) is 94.5 cm³/mol. The van der Waals surface area contributed by atoms with Gasteiger partial charge in [0.1, 0.15) is 11.4 Å². The summed E-state index contributed by atoms with van der Waals surface area (Å²) < 4.78 is 5.41. The lowest BCUT2D eigenvalue weighted by atomic mass is 10.1. The quantitative estimate of drug-likeness (QED) is 0.811. The van der Waals surface area contributed by atoms with E-state index in [9.17, 15) is 9.59 Å². The van der Waals surface area contributed by atoms with Crippen LogP contribution in [0.15, 0.2) is 0 Å². The minimum atomic E-state index is -0.555. The number of primary amides is 1. The molecule has 2 N–H and O–H groups in total. The van der Waals surface area contributed by atoms with E-state index in [0.29, 0.717) is 37.6 Å². The third-order valence-corrected chi connectivity index (χ3v) is 3.89. The Kier molecular flexibility index (Phi) is 5.72. The minimum Gasteiger partial charge on any atom is -0.444 e. The average molecular weight is 370 g/mol. The summed E-state index contributed by atoms with van der Waals surface area (Å²) in [5, 5.41) is 0.103. The zero-order valence-electron chi connectivity index (χ0n) is 15.0. The Morgan fingerprint density at radius 1 is 1.36 bits per heavy atom. The van der Waals surface area contributed by atoms with Gasteiger partial charge in [-0.15, -0.1) is 0 Å². The maximum absolute atomic E-state index is 12.3. The van der Waals surface area contributed by atoms with Crippen molar-refractivity contribution < 1.29 is 14.3 Å². The topological polar surface area (TPSA) is 102 Å². The molecule has 138 valence electrons. The number of nitrogens with zero attached hydrogens (tertiary/aromatic N) is 4. The SMILES string of the molecule is CN(CCC(N)=O)c1nc(Cl)nc2c1CCN(C(=O)OC(C)(C)C)C2. The molecule has 1 aromatic rings. The molecule has 9 heteroatoms. The van der Waals surface area contributed by atoms with E-state index in [1.807, 2.05) is 32.7 Å². The van der Waals surface area contributed by atoms with E-state index >= 15 is 0 Å². The zero-order valence-corrected chi connectivity index (χ0v) is 15.8. The predicted octanol–water partition coefficient (Wildman–Crippen LogP) is 1.73. The summed E-state index contributed by atoms with van der Waals surface area (Å²) in [5.74, 6) is 0.289. The highest BCUT2D eigenvalue weighted by molar-refractivity contribution is 6.28. The Labute approximate surface area is 152 Å². The number of halogens is 1. The first kappa shape index (κ1) is 19.2. The lowest BCUT2D eigenvalue weighted by Gasteiger charge is -2.32. The molecule has 0 radical (unpaired) electrons. The van der Waals surface area contributed by atoms with E-state index in [0.717, 1.165) is 5.56 Å². The fourth-order valence-corrected chi connectivity index (χ4v) is 2.75. The fourth-order valence-electron chi connectivity index (χ4n) is 2.56. The van der Waals surface area contributed by atoms with E-state index in [1.165, 1.54) is 0 Å². The van der Waals surface area contributed by atoms with Crippen LogP contribution in [-0.4, -0.2) is 52.6 Å². The number of ether oxygens (including phenoxy) is 1. The number of rotatable bonds is 4. The first-order chi connectivity index (χ1) is 11.6. The van der Waals surface area contributed by atoms with Crippen LogP contribution in [-0.2, 0) is 22.5 Å². The maximum Gasteiger partial charge on any atom is 0.410 e. The number of anilines is 1. The highest BCUT2D eigenvalue weighted by atomic mass is 35.5. The average Bonchev–Trinajstić information content (AvgIpc) is 2.49. The zero-order chi connectivity index (χ0) is 18.8. The largest absolute Gasteiger partial charge is 0.444 e. The van der Waals surface area contributed by atoms with Gasteiger partial charge in [-0.2, -0.15) is 0 Å². The molecule has 2 heterocycles. The van der Waals surface area contributed by atoms with Crippen molar-refractivity contribution in [3.63, 3.8) is 0 Å². The minimum absolute atomic E-state index is 0.103. The summed E-state index contributed by atoms with van der Waals surface area (Å²) in [6, 6.07) is 0. The van der Waals surface area contributed by atoms with E-state index < -0.39 is 5.60 Å². The summed E-state index contributed by atoms with van der Waals surface area (Å²) >= 11 is 6.05. The van der Waals surface area contributed by atoms with Crippen molar-refractivity contribution in [1.29, 1.82) is 0 Å². The lowest BCUT2D eigenvalue weighted by Crippen LogP contribution is -2.41. The van der Waals surface area contributed by atoms with Gasteiger partial charge in [-0.1, -0.05) is 0 Å². The molecule has 0 aromatic carbocycles. The van der Waals surface area contributed by atoms with E-state index in [2.05, 4.69) is 9.97 Å². The van der Waals surface area contributed by atoms with E-state index in [-0.39, 0.29) is 23.7 Å². The second-order valence-corrected chi connectivity index (χ2v) is 7.37. The third-order valence-electron chi connectivity index (χ3n) is 3.72. The number of carbonyl (C=O) groups is 2. The molecule has 0 saturated heterocycles. The third kappa shape index (κ3) is 5.19. The van der Waals surface area contributed by atoms with Gasteiger partial charge in [-0.05, 0) is 38.8 Å². The van der Waals surface area contributed by atoms with Gasteiger partial charge in [0.25, 0.3) is 0 Å². The molecule has 25 heavy (non-hydrogen) atoms. The molecule has 0 saturated carbocycles. The van der Waals surface area contributed by atoms with E-state index in [1.54, 1.807) is 4.90 Å². The van der Waals surface area contributed by atoms with Crippen LogP contribution in [0.5, 0.6) is 0 Å². The molecule has 8 nitrogen and oxygen atoms in total. The van der Waals surface area contributed by atoms with Crippen LogP contribution < -0.4 is 10.6 Å². The van der Waals surface area contributed by atoms with Crippen LogP contribution in [0.4, 0.5) is 10.6 Å². The Bertz CT molecular complexity index is 674. The fraction of sp³-hybridized carbons (Fsp3) is 0.625. The second kappa shape index (κ2) is 7.43. The van der Waals surface area contributed by atoms with Crippen molar-refractivity contribution in [2.24, 2.45) is 5.73 Å². The van der Waals surface area contributed by atoms with Gasteiger partial charge < -0.3 is 20.3 Å². The maximum atomic E-state index is 12.3. The monoisotopic (exact) mass is 369 g/mol. The van der Waals surface area contributed by atoms with Gasteiger partial charge in [-0.3, -0.25) is 4.79 Å². The summed E-state index contributed by atoms with van der Waals surface area (Å²) in [5.41, 5.74) is 6.27. The molecule has 0 bridgehead atoms. The molecule has 0 fully saturated rings. The van der Waals surface area contributed by atoms with Crippen molar-refractivity contribution in [2.75, 3.05) is 25.0 Å². The van der Waals surface area contributed by atoms with Crippen molar-refractivity contribution in [1.82, 2.24) is 14.9 Å². The number of carbonyl (C=O) groups excluding carboxylic acids is 2. The number of fused-ring (bicyclic) bond motifs is 1. The van der Waals surface area contributed by atoms with Crippen LogP contribution in [0.1, 0.15) is 38.4 Å². The smallest absolute Gasteiger partial charge is 0.410 e. The molecular formula is C16H24ClN5O3. The van der Waals surface area contributed by atoms with Crippen LogP contribution in [0, 0.1) is 0 Å². The Hall–Kier alpha value is -2.09. The normalized spacial score (nSPS) is 14.0. The van der Waals surface area contributed by atoms with Crippen molar-refractivity contribution in [3.05, 3.63) is 16.5 Å². The highest BCUT2D eigenvalue weighted by Crippen LogP contribution is 2.28. The van der Waals surface area contributed by atoms with Crippen LogP contribution >= 0.6 is 11.6 Å². The standard InChI is InChI=1S/C16H24ClN5O3/c1-16(2,3)25-15(24)22-8-5-10-11(9-22)19-14(17)20-13(10)21(4)7-6-12(18)23/h5-9H2,1-4H3,(H2,18,23). The lowest BCUT2D eigenvalue weighted by molar-refractivity contribution is -0.117. The highest BCUT2D eigenvalue weighted by Gasteiger charge is 2.29. The summed E-state index contributed by atoms with van der Waals surface area (Å²) in [6.45, 7) is 6.73. The molecule has 1 aromatic heterocycles. The van der Waals surface area contributed by atoms with Crippen LogP contribution in [0.25, 0.3) is 0 Å². The number of aromatic nitrogens is 2. The number of hydrogen-bond acceptors (Lipinski definition) is 6. The summed E-state index contributed by atoms with van der Waals surface area (Å²) in [6.07, 6.45) is 0.426. The molecular weight excluding hydrogens is 346 g/mol. The second-order valence-electron chi connectivity index (χ2n) is 7.03. The van der Waals surface area contributed by atoms with Gasteiger partial charge in [0.05, 0.1) is 12.2 Å². The van der Waals surface area contributed by atoms with E-state index in [4.69, 9.17) is 22.1 Å². The molecule has 0 spiro atoms. The first-order valence-corrected chi connectivity index (χ1v) is 8.47. The van der Waals surface area contributed by atoms with Crippen molar-refractivity contribution in [3.8, 4) is 0 Å². The van der Waals surface area contributed by atoms with Gasteiger partial charge in [0.15, 0.2) is 0 Å². The Morgan fingerprint density at radius 3 is 2.64 bits per heavy atom. The molecule has 1 aliphatic heterocycles. The van der Waals surface area contributed by atoms with Crippen LogP contribution in [0.2, 0.25) is 5.28 Å². The molecule has 0 aliphatic carbocycles.